The molecule has 3 nitrogen and oxygen atoms in total. The molecule has 0 bridgehead atoms. The fraction of sp³-hybridized carbons (Fsp3) is 0.588. The van der Waals surface area contributed by atoms with Gasteiger partial charge in [-0.05, 0) is 44.0 Å². The van der Waals surface area contributed by atoms with Gasteiger partial charge in [0.1, 0.15) is 5.82 Å². The first-order chi connectivity index (χ1) is 10.1. The van der Waals surface area contributed by atoms with E-state index in [1.807, 2.05) is 6.92 Å². The normalized spacial score (nSPS) is 12.2. The second-order valence-electron chi connectivity index (χ2n) is 5.36. The zero-order valence-corrected chi connectivity index (χ0v) is 13.1. The molecule has 0 aliphatic heterocycles. The van der Waals surface area contributed by atoms with E-state index in [1.165, 1.54) is 12.1 Å². The van der Waals surface area contributed by atoms with Crippen molar-refractivity contribution in [3.05, 3.63) is 30.1 Å². The van der Waals surface area contributed by atoms with E-state index in [0.717, 1.165) is 25.7 Å². The molecule has 4 heteroatoms. The largest absolute Gasteiger partial charge is 0.330 e. The molecule has 1 rings (SSSR count). The lowest BCUT2D eigenvalue weighted by Gasteiger charge is -2.27. The number of halogens is 1. The number of rotatable bonds is 9. The van der Waals surface area contributed by atoms with E-state index in [1.54, 1.807) is 17.0 Å². The molecule has 1 aromatic rings. The lowest BCUT2D eigenvalue weighted by molar-refractivity contribution is -0.122. The van der Waals surface area contributed by atoms with Gasteiger partial charge in [0.15, 0.2) is 0 Å². The molecule has 0 fully saturated rings. The number of anilines is 1. The third-order valence-corrected chi connectivity index (χ3v) is 3.72. The third kappa shape index (κ3) is 5.46. The Morgan fingerprint density at radius 2 is 2.10 bits per heavy atom. The Hall–Kier alpha value is -1.42. The smallest absolute Gasteiger partial charge is 0.230 e. The molecule has 1 amide bonds. The van der Waals surface area contributed by atoms with Gasteiger partial charge in [0.2, 0.25) is 5.91 Å². The summed E-state index contributed by atoms with van der Waals surface area (Å²) in [5.74, 6) is -0.226. The van der Waals surface area contributed by atoms with Gasteiger partial charge >= 0.3 is 0 Å². The van der Waals surface area contributed by atoms with Crippen LogP contribution >= 0.6 is 0 Å². The molecule has 0 aliphatic rings. The third-order valence-electron chi connectivity index (χ3n) is 3.72. The van der Waals surface area contributed by atoms with Gasteiger partial charge in [-0.2, -0.15) is 0 Å². The molecule has 2 N–H and O–H groups in total. The minimum Gasteiger partial charge on any atom is -0.330 e. The minimum absolute atomic E-state index is 0.00555. The number of hydrogen-bond acceptors (Lipinski definition) is 2. The molecule has 0 saturated carbocycles. The van der Waals surface area contributed by atoms with Crippen molar-refractivity contribution in [2.75, 3.05) is 18.0 Å². The van der Waals surface area contributed by atoms with Crippen LogP contribution in [-0.2, 0) is 4.79 Å². The number of benzene rings is 1. The molecule has 0 aromatic heterocycles. The topological polar surface area (TPSA) is 46.3 Å². The second-order valence-corrected chi connectivity index (χ2v) is 5.36. The van der Waals surface area contributed by atoms with Crippen LogP contribution < -0.4 is 10.6 Å². The van der Waals surface area contributed by atoms with E-state index in [4.69, 9.17) is 5.73 Å². The first-order valence-electron chi connectivity index (χ1n) is 7.91. The van der Waals surface area contributed by atoms with E-state index < -0.39 is 0 Å². The quantitative estimate of drug-likeness (QED) is 0.754. The fourth-order valence-electron chi connectivity index (χ4n) is 2.43. The van der Waals surface area contributed by atoms with Gasteiger partial charge in [-0.1, -0.05) is 32.8 Å². The molecule has 0 aliphatic carbocycles. The van der Waals surface area contributed by atoms with Crippen molar-refractivity contribution in [2.24, 2.45) is 11.7 Å². The summed E-state index contributed by atoms with van der Waals surface area (Å²) in [7, 11) is 0. The minimum atomic E-state index is -0.320. The molecular formula is C17H27FN2O. The average molecular weight is 294 g/mol. The predicted octanol–water partition coefficient (Wildman–Crippen LogP) is 3.72. The highest BCUT2D eigenvalue weighted by Gasteiger charge is 2.23. The molecule has 1 atom stereocenters. The Bertz CT molecular complexity index is 437. The molecule has 118 valence electrons. The van der Waals surface area contributed by atoms with Gasteiger partial charge in [0, 0.05) is 18.2 Å². The average Bonchev–Trinajstić information content (AvgIpc) is 2.48. The Balaban J connectivity index is 2.92. The van der Waals surface area contributed by atoms with Crippen LogP contribution in [0.4, 0.5) is 10.1 Å². The van der Waals surface area contributed by atoms with Crippen molar-refractivity contribution in [3.63, 3.8) is 0 Å². The summed E-state index contributed by atoms with van der Waals surface area (Å²) >= 11 is 0. The lowest BCUT2D eigenvalue weighted by atomic mass is 9.97. The van der Waals surface area contributed by atoms with Gasteiger partial charge < -0.3 is 10.6 Å². The summed E-state index contributed by atoms with van der Waals surface area (Å²) in [4.78, 5) is 14.5. The van der Waals surface area contributed by atoms with E-state index in [9.17, 15) is 9.18 Å². The summed E-state index contributed by atoms with van der Waals surface area (Å²) in [6, 6.07) is 6.23. The van der Waals surface area contributed by atoms with E-state index in [0.29, 0.717) is 25.2 Å². The molecule has 0 spiro atoms. The van der Waals surface area contributed by atoms with E-state index >= 15 is 0 Å². The van der Waals surface area contributed by atoms with Crippen molar-refractivity contribution in [3.8, 4) is 0 Å². The van der Waals surface area contributed by atoms with Crippen LogP contribution in [0.15, 0.2) is 24.3 Å². The zero-order chi connectivity index (χ0) is 15.7. The molecule has 1 unspecified atom stereocenters. The Morgan fingerprint density at radius 1 is 1.33 bits per heavy atom. The van der Waals surface area contributed by atoms with E-state index in [-0.39, 0.29) is 17.6 Å². The second kappa shape index (κ2) is 9.50. The Morgan fingerprint density at radius 3 is 2.67 bits per heavy atom. The summed E-state index contributed by atoms with van der Waals surface area (Å²) in [5, 5.41) is 0. The first kappa shape index (κ1) is 17.6. The highest BCUT2D eigenvalue weighted by molar-refractivity contribution is 5.95. The molecule has 1 aromatic carbocycles. The van der Waals surface area contributed by atoms with Gasteiger partial charge in [-0.3, -0.25) is 4.79 Å². The molecule has 0 heterocycles. The van der Waals surface area contributed by atoms with Gasteiger partial charge in [0.05, 0.1) is 0 Å². The molecule has 0 radical (unpaired) electrons. The zero-order valence-electron chi connectivity index (χ0n) is 13.1. The summed E-state index contributed by atoms with van der Waals surface area (Å²) in [6.07, 6.45) is 4.53. The maximum Gasteiger partial charge on any atom is 0.230 e. The van der Waals surface area contributed by atoms with Crippen LogP contribution in [0, 0.1) is 11.7 Å². The van der Waals surface area contributed by atoms with E-state index in [2.05, 4.69) is 6.92 Å². The van der Waals surface area contributed by atoms with Crippen molar-refractivity contribution < 1.29 is 9.18 Å². The van der Waals surface area contributed by atoms with Crippen LogP contribution in [-0.4, -0.2) is 19.0 Å². The first-order valence-corrected chi connectivity index (χ1v) is 7.91. The van der Waals surface area contributed by atoms with Crippen molar-refractivity contribution in [1.82, 2.24) is 0 Å². The van der Waals surface area contributed by atoms with Crippen molar-refractivity contribution in [1.29, 1.82) is 0 Å². The number of amides is 1. The standard InChI is InChI=1S/C17H27FN2O/c1-3-5-8-14(4-2)17(21)20(12-7-11-19)16-10-6-9-15(18)13-16/h6,9-10,13-14H,3-5,7-8,11-12,19H2,1-2H3. The highest BCUT2D eigenvalue weighted by atomic mass is 19.1. The predicted molar refractivity (Wildman–Crippen MR) is 85.7 cm³/mol. The Labute approximate surface area is 127 Å². The van der Waals surface area contributed by atoms with Crippen LogP contribution in [0.5, 0.6) is 0 Å². The SMILES string of the molecule is CCCCC(CC)C(=O)N(CCCN)c1cccc(F)c1. The molecular weight excluding hydrogens is 267 g/mol. The fourth-order valence-corrected chi connectivity index (χ4v) is 2.43. The van der Waals surface area contributed by atoms with Gasteiger partial charge in [-0.15, -0.1) is 0 Å². The number of carbonyl (C=O) groups is 1. The number of unbranched alkanes of at least 4 members (excludes halogenated alkanes) is 1. The highest BCUT2D eigenvalue weighted by Crippen LogP contribution is 2.22. The summed E-state index contributed by atoms with van der Waals surface area (Å²) in [5.41, 5.74) is 6.19. The van der Waals surface area contributed by atoms with Crippen LogP contribution in [0.1, 0.15) is 46.0 Å². The monoisotopic (exact) mass is 294 g/mol. The number of hydrogen-bond donors (Lipinski definition) is 1. The number of nitrogens with zero attached hydrogens (tertiary/aromatic N) is 1. The molecule has 0 saturated heterocycles. The van der Waals surface area contributed by atoms with Crippen molar-refractivity contribution >= 4 is 11.6 Å². The molecule has 21 heavy (non-hydrogen) atoms. The van der Waals surface area contributed by atoms with Crippen molar-refractivity contribution in [2.45, 2.75) is 46.0 Å². The summed E-state index contributed by atoms with van der Waals surface area (Å²) in [6.45, 7) is 5.22. The summed E-state index contributed by atoms with van der Waals surface area (Å²) < 4.78 is 13.4. The Kier molecular flexibility index (Phi) is 7.98. The van der Waals surface area contributed by atoms with Gasteiger partial charge in [-0.25, -0.2) is 4.39 Å². The van der Waals surface area contributed by atoms with Crippen LogP contribution in [0.3, 0.4) is 0 Å². The van der Waals surface area contributed by atoms with Gasteiger partial charge in [0.25, 0.3) is 0 Å². The number of nitrogens with two attached hydrogens (primary N) is 1. The van der Waals surface area contributed by atoms with Crippen LogP contribution in [0.25, 0.3) is 0 Å². The maximum absolute atomic E-state index is 13.4. The van der Waals surface area contributed by atoms with Crippen LogP contribution in [0.2, 0.25) is 0 Å². The number of carbonyl (C=O) groups excluding carboxylic acids is 1. The lowest BCUT2D eigenvalue weighted by Crippen LogP contribution is -2.37. The maximum atomic E-state index is 13.4.